The Morgan fingerprint density at radius 1 is 1.06 bits per heavy atom. The van der Waals surface area contributed by atoms with Gasteiger partial charge in [-0.2, -0.15) is 0 Å². The number of hydrogen-bond acceptors (Lipinski definition) is 6. The highest BCUT2D eigenvalue weighted by molar-refractivity contribution is 7.20. The molecule has 0 atom stereocenters. The third-order valence-corrected chi connectivity index (χ3v) is 5.94. The number of halogens is 2. The van der Waals surface area contributed by atoms with Crippen LogP contribution in [0.15, 0.2) is 59.0 Å². The average Bonchev–Trinajstić information content (AvgIpc) is 3.44. The number of ketones is 1. The Balaban J connectivity index is 1.82. The molecule has 0 unspecified atom stereocenters. The van der Waals surface area contributed by atoms with E-state index in [9.17, 15) is 23.8 Å². The summed E-state index contributed by atoms with van der Waals surface area (Å²) in [7, 11) is 0. The number of thiazole rings is 1. The van der Waals surface area contributed by atoms with E-state index in [-0.39, 0.29) is 27.7 Å². The van der Waals surface area contributed by atoms with Gasteiger partial charge in [0, 0.05) is 5.56 Å². The molecular formula is C23H14F2N2O4S. The fraction of sp³-hybridized carbons (Fsp3) is 0.0435. The van der Waals surface area contributed by atoms with Gasteiger partial charge >= 0.3 is 0 Å². The number of hydrogen-bond donors (Lipinski definition) is 2. The summed E-state index contributed by atoms with van der Waals surface area (Å²) >= 11 is 1.04. The first-order chi connectivity index (χ1) is 15.3. The number of aryl methyl sites for hydroxylation is 1. The lowest BCUT2D eigenvalue weighted by Gasteiger charge is -2.09. The van der Waals surface area contributed by atoms with Crippen LogP contribution in [0, 0.1) is 18.6 Å². The zero-order valence-corrected chi connectivity index (χ0v) is 17.3. The van der Waals surface area contributed by atoms with Crippen molar-refractivity contribution in [3.8, 4) is 28.0 Å². The summed E-state index contributed by atoms with van der Waals surface area (Å²) in [5.74, 6) is -2.66. The maximum atomic E-state index is 14.1. The van der Waals surface area contributed by atoms with Crippen LogP contribution in [-0.2, 0) is 0 Å². The first-order valence-corrected chi connectivity index (χ1v) is 10.3. The van der Waals surface area contributed by atoms with E-state index in [2.05, 4.69) is 4.98 Å². The molecule has 5 aromatic rings. The van der Waals surface area contributed by atoms with Crippen LogP contribution >= 0.6 is 11.3 Å². The first-order valence-electron chi connectivity index (χ1n) is 9.43. The van der Waals surface area contributed by atoms with Crippen molar-refractivity contribution >= 4 is 27.3 Å². The minimum absolute atomic E-state index is 0.0260. The van der Waals surface area contributed by atoms with Gasteiger partial charge in [-0.15, -0.1) is 0 Å². The maximum Gasteiger partial charge on any atom is 0.242 e. The molecule has 6 nitrogen and oxygen atoms in total. The summed E-state index contributed by atoms with van der Waals surface area (Å²) in [5.41, 5.74) is 0.433. The van der Waals surface area contributed by atoms with E-state index in [1.54, 1.807) is 13.0 Å². The number of fused-ring (bicyclic) bond motifs is 1. The predicted octanol–water partition coefficient (Wildman–Crippen LogP) is 5.58. The standard InChI is InChI=1S/C23H14F2N2O4S/c1-11-5-8-16(31-11)20(28)18-19(12-3-2-4-13(24)9-12)27(22(30)21(18)29)23-26-15-7-6-14(25)10-17(15)32-23/h2-10,29-30H,1H3. The van der Waals surface area contributed by atoms with Crippen molar-refractivity contribution in [2.24, 2.45) is 0 Å². The molecule has 0 aliphatic carbocycles. The van der Waals surface area contributed by atoms with Crippen LogP contribution in [0.2, 0.25) is 0 Å². The van der Waals surface area contributed by atoms with Gasteiger partial charge in [-0.25, -0.2) is 13.8 Å². The fourth-order valence-corrected chi connectivity index (χ4v) is 4.52. The number of aromatic nitrogens is 2. The minimum Gasteiger partial charge on any atom is -0.503 e. The molecule has 2 N–H and O–H groups in total. The van der Waals surface area contributed by atoms with Crippen molar-refractivity contribution in [1.82, 2.24) is 9.55 Å². The second kappa shape index (κ2) is 7.31. The monoisotopic (exact) mass is 452 g/mol. The van der Waals surface area contributed by atoms with E-state index < -0.39 is 29.0 Å². The molecule has 0 spiro atoms. The Morgan fingerprint density at radius 2 is 1.84 bits per heavy atom. The minimum atomic E-state index is -0.700. The van der Waals surface area contributed by atoms with Crippen molar-refractivity contribution in [3.05, 3.63) is 83.3 Å². The second-order valence-corrected chi connectivity index (χ2v) is 8.10. The van der Waals surface area contributed by atoms with Gasteiger partial charge in [0.15, 0.2) is 16.6 Å². The summed E-state index contributed by atoms with van der Waals surface area (Å²) in [5, 5.41) is 21.7. The molecule has 5 rings (SSSR count). The van der Waals surface area contributed by atoms with Gasteiger partial charge in [0.1, 0.15) is 17.4 Å². The fourth-order valence-electron chi connectivity index (χ4n) is 3.52. The lowest BCUT2D eigenvalue weighted by molar-refractivity contribution is 0.101. The van der Waals surface area contributed by atoms with Crippen LogP contribution in [0.25, 0.3) is 26.6 Å². The van der Waals surface area contributed by atoms with Gasteiger partial charge in [0.2, 0.25) is 11.7 Å². The van der Waals surface area contributed by atoms with Crippen LogP contribution in [0.3, 0.4) is 0 Å². The number of benzene rings is 2. The number of carbonyl (C=O) groups is 1. The van der Waals surface area contributed by atoms with E-state index in [0.717, 1.165) is 15.9 Å². The quantitative estimate of drug-likeness (QED) is 0.348. The maximum absolute atomic E-state index is 14.1. The molecule has 2 aromatic carbocycles. The van der Waals surface area contributed by atoms with Crippen LogP contribution < -0.4 is 0 Å². The normalized spacial score (nSPS) is 11.3. The Labute approximate surface area is 183 Å². The second-order valence-electron chi connectivity index (χ2n) is 7.09. The van der Waals surface area contributed by atoms with Crippen LogP contribution in [-0.4, -0.2) is 25.5 Å². The molecule has 0 aliphatic rings. The van der Waals surface area contributed by atoms with Crippen molar-refractivity contribution in [2.75, 3.05) is 0 Å². The van der Waals surface area contributed by atoms with Gasteiger partial charge in [0.05, 0.1) is 21.5 Å². The highest BCUT2D eigenvalue weighted by atomic mass is 32.1. The smallest absolute Gasteiger partial charge is 0.242 e. The molecule has 3 aromatic heterocycles. The molecule has 0 saturated heterocycles. The molecule has 0 saturated carbocycles. The zero-order valence-electron chi connectivity index (χ0n) is 16.5. The van der Waals surface area contributed by atoms with Crippen LogP contribution in [0.1, 0.15) is 21.9 Å². The Bertz CT molecular complexity index is 1520. The number of rotatable bonds is 4. The molecular weight excluding hydrogens is 438 g/mol. The van der Waals surface area contributed by atoms with Crippen molar-refractivity contribution < 1.29 is 28.2 Å². The summed E-state index contributed by atoms with van der Waals surface area (Å²) in [6, 6.07) is 12.4. The highest BCUT2D eigenvalue weighted by Crippen LogP contribution is 2.45. The molecule has 32 heavy (non-hydrogen) atoms. The molecule has 160 valence electrons. The third-order valence-electron chi connectivity index (χ3n) is 4.94. The van der Waals surface area contributed by atoms with E-state index in [4.69, 9.17) is 4.42 Å². The third kappa shape index (κ3) is 3.14. The molecule has 9 heteroatoms. The van der Waals surface area contributed by atoms with Crippen molar-refractivity contribution in [1.29, 1.82) is 0 Å². The average molecular weight is 452 g/mol. The van der Waals surface area contributed by atoms with Crippen molar-refractivity contribution in [2.45, 2.75) is 6.92 Å². The Morgan fingerprint density at radius 3 is 2.56 bits per heavy atom. The highest BCUT2D eigenvalue weighted by Gasteiger charge is 2.32. The molecule has 0 amide bonds. The summed E-state index contributed by atoms with van der Waals surface area (Å²) in [6.07, 6.45) is 0. The number of furan rings is 1. The Kier molecular flexibility index (Phi) is 4.56. The van der Waals surface area contributed by atoms with Gasteiger partial charge < -0.3 is 14.6 Å². The largest absolute Gasteiger partial charge is 0.503 e. The lowest BCUT2D eigenvalue weighted by atomic mass is 10.0. The van der Waals surface area contributed by atoms with E-state index in [1.165, 1.54) is 48.5 Å². The topological polar surface area (TPSA) is 88.5 Å². The first kappa shape index (κ1) is 20.0. The predicted molar refractivity (Wildman–Crippen MR) is 115 cm³/mol. The van der Waals surface area contributed by atoms with Crippen LogP contribution in [0.5, 0.6) is 11.6 Å². The van der Waals surface area contributed by atoms with Crippen molar-refractivity contribution in [3.63, 3.8) is 0 Å². The van der Waals surface area contributed by atoms with Gasteiger partial charge in [-0.05, 0) is 49.4 Å². The zero-order chi connectivity index (χ0) is 22.6. The van der Waals surface area contributed by atoms with E-state index >= 15 is 0 Å². The van der Waals surface area contributed by atoms with Gasteiger partial charge in [0.25, 0.3) is 0 Å². The molecule has 0 fully saturated rings. The molecule has 3 heterocycles. The number of nitrogens with zero attached hydrogens (tertiary/aromatic N) is 2. The molecule has 0 bridgehead atoms. The van der Waals surface area contributed by atoms with E-state index in [0.29, 0.717) is 16.0 Å². The number of carbonyl (C=O) groups excluding carboxylic acids is 1. The molecule has 0 aliphatic heterocycles. The van der Waals surface area contributed by atoms with E-state index in [1.807, 2.05) is 0 Å². The SMILES string of the molecule is Cc1ccc(C(=O)c2c(O)c(O)n(-c3nc4ccc(F)cc4s3)c2-c2cccc(F)c2)o1. The van der Waals surface area contributed by atoms with Crippen LogP contribution in [0.4, 0.5) is 8.78 Å². The summed E-state index contributed by atoms with van der Waals surface area (Å²) < 4.78 is 34.8. The Hall–Kier alpha value is -3.98. The summed E-state index contributed by atoms with van der Waals surface area (Å²) in [6.45, 7) is 1.66. The number of aromatic hydroxyl groups is 2. The van der Waals surface area contributed by atoms with Gasteiger partial charge in [-0.1, -0.05) is 23.5 Å². The lowest BCUT2D eigenvalue weighted by Crippen LogP contribution is -2.04. The molecule has 0 radical (unpaired) electrons. The summed E-state index contributed by atoms with van der Waals surface area (Å²) in [4.78, 5) is 17.6. The van der Waals surface area contributed by atoms with Gasteiger partial charge in [-0.3, -0.25) is 9.36 Å².